The van der Waals surface area contributed by atoms with Crippen LogP contribution in [0.1, 0.15) is 16.2 Å². The highest BCUT2D eigenvalue weighted by atomic mass is 35.5. The lowest BCUT2D eigenvalue weighted by molar-refractivity contribution is 0.102. The molecule has 5 nitrogen and oxygen atoms in total. The summed E-state index contributed by atoms with van der Waals surface area (Å²) in [5, 5.41) is 11.0. The zero-order chi connectivity index (χ0) is 16.4. The summed E-state index contributed by atoms with van der Waals surface area (Å²) in [5.74, 6) is -0.886. The molecule has 3 aromatic rings. The number of rotatable bonds is 3. The van der Waals surface area contributed by atoms with Crippen LogP contribution in [0.25, 0.3) is 5.69 Å². The monoisotopic (exact) mass is 330 g/mol. The summed E-state index contributed by atoms with van der Waals surface area (Å²) in [6.45, 7) is 1.72. The van der Waals surface area contributed by atoms with Crippen molar-refractivity contribution >= 4 is 23.2 Å². The average Bonchev–Trinajstić information content (AvgIpc) is 2.89. The van der Waals surface area contributed by atoms with Gasteiger partial charge in [0.2, 0.25) is 0 Å². The van der Waals surface area contributed by atoms with Crippen LogP contribution in [0.5, 0.6) is 0 Å². The molecule has 0 atom stereocenters. The van der Waals surface area contributed by atoms with Gasteiger partial charge in [0.15, 0.2) is 5.69 Å². The summed E-state index contributed by atoms with van der Waals surface area (Å²) in [6, 6.07) is 12.7. The van der Waals surface area contributed by atoms with Gasteiger partial charge in [-0.1, -0.05) is 28.9 Å². The maximum atomic E-state index is 13.2. The lowest BCUT2D eigenvalue weighted by Gasteiger charge is -2.05. The molecule has 2 aromatic carbocycles. The minimum absolute atomic E-state index is 0.161. The fraction of sp³-hybridized carbons (Fsp3) is 0.0625. The molecule has 0 fully saturated rings. The topological polar surface area (TPSA) is 59.8 Å². The van der Waals surface area contributed by atoms with Crippen LogP contribution >= 0.6 is 11.6 Å². The number of amides is 1. The first-order valence-electron chi connectivity index (χ1n) is 6.80. The normalized spacial score (nSPS) is 10.6. The molecule has 0 radical (unpaired) electrons. The van der Waals surface area contributed by atoms with Crippen LogP contribution in [0.4, 0.5) is 10.1 Å². The van der Waals surface area contributed by atoms with Crippen molar-refractivity contribution in [1.82, 2.24) is 15.0 Å². The SMILES string of the molecule is Cc1c(C(=O)Nc2cccc(F)c2)nnn1-c1cccc(Cl)c1. The molecule has 1 heterocycles. The standard InChI is InChI=1S/C16H12ClFN4O/c1-10-15(16(23)19-13-6-3-5-12(18)9-13)20-21-22(10)14-7-2-4-11(17)8-14/h2-9H,1H3,(H,19,23). The molecule has 0 bridgehead atoms. The Hall–Kier alpha value is -2.73. The van der Waals surface area contributed by atoms with Gasteiger partial charge in [-0.3, -0.25) is 4.79 Å². The van der Waals surface area contributed by atoms with Crippen LogP contribution in [0, 0.1) is 12.7 Å². The molecule has 0 saturated carbocycles. The van der Waals surface area contributed by atoms with Gasteiger partial charge in [-0.2, -0.15) is 0 Å². The number of hydrogen-bond donors (Lipinski definition) is 1. The Morgan fingerprint density at radius 1 is 1.22 bits per heavy atom. The lowest BCUT2D eigenvalue weighted by atomic mass is 10.2. The first-order chi connectivity index (χ1) is 11.0. The van der Waals surface area contributed by atoms with Crippen LogP contribution < -0.4 is 5.32 Å². The van der Waals surface area contributed by atoms with Gasteiger partial charge in [0.05, 0.1) is 11.4 Å². The fourth-order valence-corrected chi connectivity index (χ4v) is 2.33. The first kappa shape index (κ1) is 15.2. The van der Waals surface area contributed by atoms with E-state index in [1.54, 1.807) is 31.2 Å². The molecule has 1 amide bonds. The second kappa shape index (κ2) is 6.18. The van der Waals surface area contributed by atoms with E-state index in [4.69, 9.17) is 11.6 Å². The molecular formula is C16H12ClFN4O. The van der Waals surface area contributed by atoms with E-state index in [1.807, 2.05) is 6.07 Å². The van der Waals surface area contributed by atoms with Gasteiger partial charge in [-0.05, 0) is 43.3 Å². The maximum absolute atomic E-state index is 13.2. The fourth-order valence-electron chi connectivity index (χ4n) is 2.15. The lowest BCUT2D eigenvalue weighted by Crippen LogP contribution is -2.14. The van der Waals surface area contributed by atoms with E-state index in [9.17, 15) is 9.18 Å². The van der Waals surface area contributed by atoms with Crippen LogP contribution in [0.3, 0.4) is 0 Å². The summed E-state index contributed by atoms with van der Waals surface area (Å²) < 4.78 is 14.7. The van der Waals surface area contributed by atoms with E-state index >= 15 is 0 Å². The van der Waals surface area contributed by atoms with Crippen molar-refractivity contribution in [3.8, 4) is 5.69 Å². The molecule has 116 valence electrons. The molecule has 7 heteroatoms. The van der Waals surface area contributed by atoms with Gasteiger partial charge in [0.1, 0.15) is 5.82 Å². The zero-order valence-electron chi connectivity index (χ0n) is 12.1. The molecule has 0 aliphatic carbocycles. The summed E-state index contributed by atoms with van der Waals surface area (Å²) in [7, 11) is 0. The van der Waals surface area contributed by atoms with E-state index < -0.39 is 11.7 Å². The molecule has 0 aliphatic heterocycles. The van der Waals surface area contributed by atoms with Crippen LogP contribution in [0.2, 0.25) is 5.02 Å². The van der Waals surface area contributed by atoms with Crippen molar-refractivity contribution in [2.24, 2.45) is 0 Å². The van der Waals surface area contributed by atoms with E-state index in [0.717, 1.165) is 0 Å². The van der Waals surface area contributed by atoms with Crippen LogP contribution in [0.15, 0.2) is 48.5 Å². The summed E-state index contributed by atoms with van der Waals surface area (Å²) in [6.07, 6.45) is 0. The van der Waals surface area contributed by atoms with Gasteiger partial charge in [0.25, 0.3) is 5.91 Å². The smallest absolute Gasteiger partial charge is 0.278 e. The van der Waals surface area contributed by atoms with Crippen molar-refractivity contribution < 1.29 is 9.18 Å². The molecule has 0 unspecified atom stereocenters. The second-order valence-electron chi connectivity index (χ2n) is 4.88. The molecule has 1 N–H and O–H groups in total. The Kier molecular flexibility index (Phi) is 4.08. The zero-order valence-corrected chi connectivity index (χ0v) is 12.9. The largest absolute Gasteiger partial charge is 0.320 e. The predicted molar refractivity (Wildman–Crippen MR) is 85.5 cm³/mol. The van der Waals surface area contributed by atoms with E-state index in [0.29, 0.717) is 22.1 Å². The highest BCUT2D eigenvalue weighted by Gasteiger charge is 2.17. The number of nitrogens with zero attached hydrogens (tertiary/aromatic N) is 3. The van der Waals surface area contributed by atoms with Crippen LogP contribution in [-0.4, -0.2) is 20.9 Å². The van der Waals surface area contributed by atoms with Gasteiger partial charge in [-0.15, -0.1) is 5.10 Å². The number of anilines is 1. The number of carbonyl (C=O) groups excluding carboxylic acids is 1. The van der Waals surface area contributed by atoms with Gasteiger partial charge >= 0.3 is 0 Å². The Labute approximate surface area is 136 Å². The summed E-state index contributed by atoms with van der Waals surface area (Å²) in [4.78, 5) is 12.3. The Morgan fingerprint density at radius 3 is 2.74 bits per heavy atom. The molecule has 0 spiro atoms. The van der Waals surface area contributed by atoms with Crippen molar-refractivity contribution in [3.63, 3.8) is 0 Å². The molecular weight excluding hydrogens is 319 g/mol. The van der Waals surface area contributed by atoms with Gasteiger partial charge in [0, 0.05) is 10.7 Å². The van der Waals surface area contributed by atoms with E-state index in [-0.39, 0.29) is 5.69 Å². The minimum atomic E-state index is -0.457. The first-order valence-corrected chi connectivity index (χ1v) is 7.17. The van der Waals surface area contributed by atoms with E-state index in [1.165, 1.54) is 22.9 Å². The molecule has 23 heavy (non-hydrogen) atoms. The Balaban J connectivity index is 1.88. The Bertz CT molecular complexity index is 878. The molecule has 1 aromatic heterocycles. The van der Waals surface area contributed by atoms with Crippen LogP contribution in [-0.2, 0) is 0 Å². The predicted octanol–water partition coefficient (Wildman–Crippen LogP) is 3.62. The van der Waals surface area contributed by atoms with E-state index in [2.05, 4.69) is 15.6 Å². The number of aromatic nitrogens is 3. The minimum Gasteiger partial charge on any atom is -0.320 e. The second-order valence-corrected chi connectivity index (χ2v) is 5.32. The summed E-state index contributed by atoms with van der Waals surface area (Å²) >= 11 is 5.96. The molecule has 0 aliphatic rings. The number of hydrogen-bond acceptors (Lipinski definition) is 3. The van der Waals surface area contributed by atoms with Gasteiger partial charge in [-0.25, -0.2) is 9.07 Å². The summed E-state index contributed by atoms with van der Waals surface area (Å²) in [5.41, 5.74) is 1.77. The number of carbonyl (C=O) groups is 1. The third-order valence-corrected chi connectivity index (χ3v) is 3.48. The highest BCUT2D eigenvalue weighted by Crippen LogP contribution is 2.18. The molecule has 3 rings (SSSR count). The molecule has 0 saturated heterocycles. The van der Waals surface area contributed by atoms with Crippen molar-refractivity contribution in [1.29, 1.82) is 0 Å². The Morgan fingerprint density at radius 2 is 2.00 bits per heavy atom. The quantitative estimate of drug-likeness (QED) is 0.798. The maximum Gasteiger partial charge on any atom is 0.278 e. The number of halogens is 2. The third kappa shape index (κ3) is 3.22. The van der Waals surface area contributed by atoms with Crippen molar-refractivity contribution in [2.75, 3.05) is 5.32 Å². The average molecular weight is 331 g/mol. The third-order valence-electron chi connectivity index (χ3n) is 3.24. The van der Waals surface area contributed by atoms with Crippen molar-refractivity contribution in [2.45, 2.75) is 6.92 Å². The number of nitrogens with one attached hydrogen (secondary N) is 1. The number of benzene rings is 2. The highest BCUT2D eigenvalue weighted by molar-refractivity contribution is 6.30. The van der Waals surface area contributed by atoms with Gasteiger partial charge < -0.3 is 5.32 Å². The van der Waals surface area contributed by atoms with Crippen molar-refractivity contribution in [3.05, 3.63) is 70.8 Å².